The number of rotatable bonds is 8. The molecule has 1 aliphatic heterocycles. The number of hydrogen-bond donors (Lipinski definition) is 2. The number of carbonyl (C=O) groups excluding carboxylic acids is 2. The van der Waals surface area contributed by atoms with Gasteiger partial charge in [-0.25, -0.2) is 0 Å². The number of nitrogens with one attached hydrogen (secondary N) is 1. The quantitative estimate of drug-likeness (QED) is 0.683. The second-order valence-electron chi connectivity index (χ2n) is 5.97. The van der Waals surface area contributed by atoms with Crippen LogP contribution in [-0.4, -0.2) is 55.4 Å². The number of fused-ring (bicyclic) bond motifs is 1. The van der Waals surface area contributed by atoms with Gasteiger partial charge in [-0.05, 0) is 26.0 Å². The summed E-state index contributed by atoms with van der Waals surface area (Å²) in [5, 5.41) is 11.3. The van der Waals surface area contributed by atoms with Crippen LogP contribution in [0.5, 0.6) is 5.75 Å². The average molecular weight is 336 g/mol. The fourth-order valence-corrected chi connectivity index (χ4v) is 2.47. The zero-order valence-corrected chi connectivity index (χ0v) is 14.1. The second kappa shape index (κ2) is 8.12. The highest BCUT2D eigenvalue weighted by atomic mass is 16.5. The first kappa shape index (κ1) is 18.2. The van der Waals surface area contributed by atoms with Crippen molar-refractivity contribution in [2.45, 2.75) is 25.9 Å². The molecule has 0 spiro atoms. The standard InChI is InChI=1S/C17H24N2O5/c1-17(2)16(22)19(13-5-3-4-6-14(13)24-17)9-7-15(21)18-8-11-23-12-10-20/h3-6,20H,7-12H2,1-2H3,(H,18,21). The average Bonchev–Trinajstić information content (AvgIpc) is 2.55. The van der Waals surface area contributed by atoms with Crippen LogP contribution in [0.15, 0.2) is 24.3 Å². The number of ether oxygens (including phenoxy) is 2. The highest BCUT2D eigenvalue weighted by molar-refractivity contribution is 6.02. The lowest BCUT2D eigenvalue weighted by molar-refractivity contribution is -0.132. The molecule has 132 valence electrons. The Kier molecular flexibility index (Phi) is 6.16. The van der Waals surface area contributed by atoms with Crippen LogP contribution in [0.25, 0.3) is 0 Å². The van der Waals surface area contributed by atoms with Gasteiger partial charge in [-0.3, -0.25) is 9.59 Å². The molecular weight excluding hydrogens is 312 g/mol. The van der Waals surface area contributed by atoms with Gasteiger partial charge in [0.05, 0.1) is 25.5 Å². The van der Waals surface area contributed by atoms with Crippen LogP contribution in [0, 0.1) is 0 Å². The van der Waals surface area contributed by atoms with Crippen molar-refractivity contribution in [2.75, 3.05) is 37.8 Å². The van der Waals surface area contributed by atoms with Crippen LogP contribution in [-0.2, 0) is 14.3 Å². The van der Waals surface area contributed by atoms with E-state index in [1.165, 1.54) is 0 Å². The molecule has 0 saturated heterocycles. The van der Waals surface area contributed by atoms with Gasteiger partial charge in [0.1, 0.15) is 5.75 Å². The molecule has 7 nitrogen and oxygen atoms in total. The molecule has 0 aliphatic carbocycles. The van der Waals surface area contributed by atoms with E-state index in [1.54, 1.807) is 18.7 Å². The van der Waals surface area contributed by atoms with Crippen LogP contribution < -0.4 is 15.0 Å². The largest absolute Gasteiger partial charge is 0.476 e. The van der Waals surface area contributed by atoms with Crippen LogP contribution in [0.1, 0.15) is 20.3 Å². The van der Waals surface area contributed by atoms with Gasteiger partial charge in [-0.2, -0.15) is 0 Å². The molecule has 2 rings (SSSR count). The maximum atomic E-state index is 12.6. The Morgan fingerprint density at radius 1 is 1.33 bits per heavy atom. The zero-order chi connectivity index (χ0) is 17.6. The number of hydrogen-bond acceptors (Lipinski definition) is 5. The van der Waals surface area contributed by atoms with Crippen molar-refractivity contribution >= 4 is 17.5 Å². The summed E-state index contributed by atoms with van der Waals surface area (Å²) in [6, 6.07) is 7.31. The van der Waals surface area contributed by atoms with E-state index in [2.05, 4.69) is 5.32 Å². The van der Waals surface area contributed by atoms with Crippen LogP contribution in [0.2, 0.25) is 0 Å². The Morgan fingerprint density at radius 2 is 2.08 bits per heavy atom. The Hall–Kier alpha value is -2.12. The predicted octanol–water partition coefficient (Wildman–Crippen LogP) is 0.706. The molecule has 7 heteroatoms. The summed E-state index contributed by atoms with van der Waals surface area (Å²) in [5.41, 5.74) is -0.274. The fraction of sp³-hybridized carbons (Fsp3) is 0.529. The molecule has 1 aliphatic rings. The van der Waals surface area contributed by atoms with Gasteiger partial charge in [-0.15, -0.1) is 0 Å². The smallest absolute Gasteiger partial charge is 0.270 e. The van der Waals surface area contributed by atoms with E-state index in [0.29, 0.717) is 24.6 Å². The Morgan fingerprint density at radius 3 is 2.83 bits per heavy atom. The highest BCUT2D eigenvalue weighted by Crippen LogP contribution is 2.37. The van der Waals surface area contributed by atoms with Gasteiger partial charge in [0.2, 0.25) is 5.91 Å². The summed E-state index contributed by atoms with van der Waals surface area (Å²) >= 11 is 0. The van der Waals surface area contributed by atoms with E-state index < -0.39 is 5.60 Å². The number of benzene rings is 1. The molecule has 0 atom stereocenters. The van der Waals surface area contributed by atoms with E-state index in [9.17, 15) is 9.59 Å². The summed E-state index contributed by atoms with van der Waals surface area (Å²) in [6.07, 6.45) is 0.191. The van der Waals surface area contributed by atoms with Crippen LogP contribution >= 0.6 is 0 Å². The van der Waals surface area contributed by atoms with E-state index >= 15 is 0 Å². The maximum absolute atomic E-state index is 12.6. The van der Waals surface area contributed by atoms with Crippen molar-refractivity contribution in [1.29, 1.82) is 0 Å². The predicted molar refractivity (Wildman–Crippen MR) is 89.0 cm³/mol. The maximum Gasteiger partial charge on any atom is 0.270 e. The monoisotopic (exact) mass is 336 g/mol. The number of aliphatic hydroxyl groups excluding tert-OH is 1. The topological polar surface area (TPSA) is 88.1 Å². The molecule has 2 amide bonds. The first-order valence-corrected chi connectivity index (χ1v) is 8.01. The number of carbonyl (C=O) groups is 2. The van der Waals surface area contributed by atoms with Crippen molar-refractivity contribution in [1.82, 2.24) is 5.32 Å². The lowest BCUT2D eigenvalue weighted by Crippen LogP contribution is -2.53. The van der Waals surface area contributed by atoms with Crippen molar-refractivity contribution in [3.8, 4) is 5.75 Å². The summed E-state index contributed by atoms with van der Waals surface area (Å²) < 4.78 is 10.8. The van der Waals surface area contributed by atoms with Gasteiger partial charge in [0, 0.05) is 19.5 Å². The Bertz CT molecular complexity index is 588. The number of amides is 2. The molecule has 24 heavy (non-hydrogen) atoms. The molecule has 2 N–H and O–H groups in total. The molecule has 0 radical (unpaired) electrons. The minimum Gasteiger partial charge on any atom is -0.476 e. The minimum atomic E-state index is -0.955. The van der Waals surface area contributed by atoms with Gasteiger partial charge in [-0.1, -0.05) is 12.1 Å². The Labute approximate surface area is 141 Å². The van der Waals surface area contributed by atoms with Gasteiger partial charge in [0.15, 0.2) is 5.60 Å². The summed E-state index contributed by atoms with van der Waals surface area (Å²) in [7, 11) is 0. The highest BCUT2D eigenvalue weighted by Gasteiger charge is 2.40. The molecule has 0 fully saturated rings. The third kappa shape index (κ3) is 4.46. The fourth-order valence-electron chi connectivity index (χ4n) is 2.47. The first-order chi connectivity index (χ1) is 11.5. The third-order valence-electron chi connectivity index (χ3n) is 3.65. The lowest BCUT2D eigenvalue weighted by Gasteiger charge is -2.38. The zero-order valence-electron chi connectivity index (χ0n) is 14.1. The van der Waals surface area contributed by atoms with E-state index in [0.717, 1.165) is 0 Å². The molecule has 0 aromatic heterocycles. The summed E-state index contributed by atoms with van der Waals surface area (Å²) in [4.78, 5) is 26.1. The number of nitrogens with zero attached hydrogens (tertiary/aromatic N) is 1. The summed E-state index contributed by atoms with van der Waals surface area (Å²) in [5.74, 6) is 0.317. The number of anilines is 1. The lowest BCUT2D eigenvalue weighted by atomic mass is 10.0. The number of para-hydroxylation sites is 2. The van der Waals surface area contributed by atoms with Gasteiger partial charge in [0.25, 0.3) is 5.91 Å². The molecular formula is C17H24N2O5. The number of aliphatic hydroxyl groups is 1. The van der Waals surface area contributed by atoms with Crippen molar-refractivity contribution in [2.24, 2.45) is 0 Å². The van der Waals surface area contributed by atoms with Crippen molar-refractivity contribution in [3.05, 3.63) is 24.3 Å². The van der Waals surface area contributed by atoms with E-state index in [4.69, 9.17) is 14.6 Å². The Balaban J connectivity index is 1.91. The van der Waals surface area contributed by atoms with Crippen LogP contribution in [0.3, 0.4) is 0 Å². The molecule has 0 bridgehead atoms. The summed E-state index contributed by atoms with van der Waals surface area (Å²) in [6.45, 7) is 4.66. The molecule has 0 unspecified atom stereocenters. The van der Waals surface area contributed by atoms with Gasteiger partial charge < -0.3 is 24.8 Å². The van der Waals surface area contributed by atoms with Crippen molar-refractivity contribution < 1.29 is 24.2 Å². The molecule has 1 aromatic rings. The molecule has 1 aromatic carbocycles. The van der Waals surface area contributed by atoms with E-state index in [1.807, 2.05) is 24.3 Å². The van der Waals surface area contributed by atoms with Crippen molar-refractivity contribution in [3.63, 3.8) is 0 Å². The first-order valence-electron chi connectivity index (χ1n) is 8.01. The molecule has 1 heterocycles. The van der Waals surface area contributed by atoms with Crippen LogP contribution in [0.4, 0.5) is 5.69 Å². The normalized spacial score (nSPS) is 15.6. The SMILES string of the molecule is CC1(C)Oc2ccccc2N(CCC(=O)NCCOCCO)C1=O. The van der Waals surface area contributed by atoms with Gasteiger partial charge >= 0.3 is 0 Å². The minimum absolute atomic E-state index is 0.0394. The third-order valence-corrected chi connectivity index (χ3v) is 3.65. The second-order valence-corrected chi connectivity index (χ2v) is 5.97. The van der Waals surface area contributed by atoms with E-state index in [-0.39, 0.29) is 38.0 Å². The molecule has 0 saturated carbocycles.